The van der Waals surface area contributed by atoms with Crippen LogP contribution in [0.5, 0.6) is 17.2 Å². The molecule has 3 rings (SSSR count). The summed E-state index contributed by atoms with van der Waals surface area (Å²) in [5, 5.41) is 21.1. The number of ether oxygens (including phenoxy) is 2. The van der Waals surface area contributed by atoms with Crippen LogP contribution in [0.3, 0.4) is 0 Å². The van der Waals surface area contributed by atoms with Crippen molar-refractivity contribution in [2.45, 2.75) is 6.10 Å². The number of carboxylic acid groups (broad SMARTS) is 1. The molecule has 0 fully saturated rings. The zero-order valence-electron chi connectivity index (χ0n) is 11.9. The van der Waals surface area contributed by atoms with Crippen molar-refractivity contribution >= 4 is 17.6 Å². The van der Waals surface area contributed by atoms with Crippen molar-refractivity contribution in [3.8, 4) is 17.2 Å². The number of rotatable bonds is 3. The fourth-order valence-electron chi connectivity index (χ4n) is 2.13. The highest BCUT2D eigenvalue weighted by molar-refractivity contribution is 5.98. The van der Waals surface area contributed by atoms with Crippen molar-refractivity contribution in [3.63, 3.8) is 0 Å². The molecule has 3 N–H and O–H groups in total. The van der Waals surface area contributed by atoms with Crippen molar-refractivity contribution in [2.24, 2.45) is 0 Å². The number of carbonyl (C=O) groups is 2. The maximum absolute atomic E-state index is 12.2. The smallest absolute Gasteiger partial charge is 0.335 e. The lowest BCUT2D eigenvalue weighted by atomic mass is 10.2. The molecule has 1 unspecified atom stereocenters. The van der Waals surface area contributed by atoms with E-state index in [1.54, 1.807) is 24.3 Å². The van der Waals surface area contributed by atoms with Gasteiger partial charge in [-0.25, -0.2) is 4.79 Å². The summed E-state index contributed by atoms with van der Waals surface area (Å²) in [5.74, 6) is -0.945. The van der Waals surface area contributed by atoms with Crippen LogP contribution in [0.15, 0.2) is 42.5 Å². The Balaban J connectivity index is 1.75. The molecule has 1 heterocycles. The number of phenols is 1. The van der Waals surface area contributed by atoms with Crippen molar-refractivity contribution in [1.82, 2.24) is 0 Å². The number of benzene rings is 2. The molecule has 23 heavy (non-hydrogen) atoms. The summed E-state index contributed by atoms with van der Waals surface area (Å²) in [5.41, 5.74) is -0.0541. The van der Waals surface area contributed by atoms with E-state index in [2.05, 4.69) is 5.32 Å². The van der Waals surface area contributed by atoms with Crippen LogP contribution < -0.4 is 14.8 Å². The molecule has 1 amide bonds. The second-order valence-electron chi connectivity index (χ2n) is 4.89. The largest absolute Gasteiger partial charge is 0.506 e. The van der Waals surface area contributed by atoms with Crippen LogP contribution in [0, 0.1) is 0 Å². The van der Waals surface area contributed by atoms with Crippen LogP contribution in [0.2, 0.25) is 0 Å². The van der Waals surface area contributed by atoms with Gasteiger partial charge in [0.2, 0.25) is 6.10 Å². The van der Waals surface area contributed by atoms with Gasteiger partial charge in [-0.05, 0) is 30.3 Å². The molecule has 0 saturated carbocycles. The number of nitrogens with one attached hydrogen (secondary N) is 1. The second kappa shape index (κ2) is 5.88. The lowest BCUT2D eigenvalue weighted by molar-refractivity contribution is -0.125. The summed E-state index contributed by atoms with van der Waals surface area (Å²) in [4.78, 5) is 23.2. The third kappa shape index (κ3) is 3.03. The zero-order chi connectivity index (χ0) is 16.4. The number of para-hydroxylation sites is 2. The molecular formula is C16H13NO6. The Kier molecular flexibility index (Phi) is 3.76. The van der Waals surface area contributed by atoms with Crippen LogP contribution in [0.4, 0.5) is 5.69 Å². The molecule has 0 saturated heterocycles. The third-order valence-corrected chi connectivity index (χ3v) is 3.30. The van der Waals surface area contributed by atoms with Crippen molar-refractivity contribution in [1.29, 1.82) is 0 Å². The first-order chi connectivity index (χ1) is 11.0. The van der Waals surface area contributed by atoms with Crippen LogP contribution in [-0.4, -0.2) is 34.8 Å². The molecule has 1 aliphatic heterocycles. The van der Waals surface area contributed by atoms with E-state index >= 15 is 0 Å². The van der Waals surface area contributed by atoms with Crippen LogP contribution in [0.1, 0.15) is 10.4 Å². The van der Waals surface area contributed by atoms with E-state index in [1.807, 2.05) is 0 Å². The Morgan fingerprint density at radius 2 is 1.87 bits per heavy atom. The minimum Gasteiger partial charge on any atom is -0.506 e. The Morgan fingerprint density at radius 1 is 1.13 bits per heavy atom. The Bertz CT molecular complexity index is 773. The van der Waals surface area contributed by atoms with E-state index in [-0.39, 0.29) is 23.6 Å². The standard InChI is InChI=1S/C16H13NO6/c18-11-6-5-9(16(20)21)7-10(11)17-15(19)14-8-22-12-3-1-2-4-13(12)23-14/h1-7,14,18H,8H2,(H,17,19)(H,20,21). The quantitative estimate of drug-likeness (QED) is 0.747. The normalized spacial score (nSPS) is 15.7. The summed E-state index contributed by atoms with van der Waals surface area (Å²) in [6.07, 6.45) is -0.905. The lowest BCUT2D eigenvalue weighted by Crippen LogP contribution is -2.40. The number of carbonyl (C=O) groups excluding carboxylic acids is 1. The van der Waals surface area contributed by atoms with Gasteiger partial charge in [-0.1, -0.05) is 12.1 Å². The molecule has 0 radical (unpaired) electrons. The van der Waals surface area contributed by atoms with Gasteiger partial charge in [-0.3, -0.25) is 4.79 Å². The second-order valence-corrected chi connectivity index (χ2v) is 4.89. The van der Waals surface area contributed by atoms with Crippen molar-refractivity contribution in [2.75, 3.05) is 11.9 Å². The van der Waals surface area contributed by atoms with Gasteiger partial charge < -0.3 is 25.0 Å². The van der Waals surface area contributed by atoms with E-state index < -0.39 is 18.0 Å². The first-order valence-corrected chi connectivity index (χ1v) is 6.80. The van der Waals surface area contributed by atoms with Gasteiger partial charge in [-0.15, -0.1) is 0 Å². The van der Waals surface area contributed by atoms with Gasteiger partial charge in [0.15, 0.2) is 11.5 Å². The number of aromatic hydroxyl groups is 1. The summed E-state index contributed by atoms with van der Waals surface area (Å²) in [6, 6.07) is 10.6. The SMILES string of the molecule is O=C(O)c1ccc(O)c(NC(=O)C2COc3ccccc3O2)c1. The number of amides is 1. The predicted molar refractivity (Wildman–Crippen MR) is 80.0 cm³/mol. The van der Waals surface area contributed by atoms with Crippen molar-refractivity contribution in [3.05, 3.63) is 48.0 Å². The van der Waals surface area contributed by atoms with Crippen molar-refractivity contribution < 1.29 is 29.3 Å². The fraction of sp³-hybridized carbons (Fsp3) is 0.125. The molecule has 1 atom stereocenters. The predicted octanol–water partition coefficient (Wildman–Crippen LogP) is 1.87. The number of fused-ring (bicyclic) bond motifs is 1. The molecule has 0 spiro atoms. The molecule has 0 bridgehead atoms. The molecule has 118 valence electrons. The van der Waals surface area contributed by atoms with Crippen LogP contribution in [0.25, 0.3) is 0 Å². The molecule has 7 nitrogen and oxygen atoms in total. The van der Waals surface area contributed by atoms with Gasteiger partial charge in [0.05, 0.1) is 11.3 Å². The summed E-state index contributed by atoms with van der Waals surface area (Å²) >= 11 is 0. The van der Waals surface area contributed by atoms with Crippen LogP contribution in [-0.2, 0) is 4.79 Å². The molecule has 0 aromatic heterocycles. The average molecular weight is 315 g/mol. The lowest BCUT2D eigenvalue weighted by Gasteiger charge is -2.25. The monoisotopic (exact) mass is 315 g/mol. The maximum atomic E-state index is 12.2. The summed E-state index contributed by atoms with van der Waals surface area (Å²) in [7, 11) is 0. The van der Waals surface area contributed by atoms with E-state index in [4.69, 9.17) is 14.6 Å². The first kappa shape index (κ1) is 14.7. The fourth-order valence-corrected chi connectivity index (χ4v) is 2.13. The Hall–Kier alpha value is -3.22. The maximum Gasteiger partial charge on any atom is 0.335 e. The number of phenolic OH excluding ortho intramolecular Hbond substituents is 1. The van der Waals surface area contributed by atoms with Crippen LogP contribution >= 0.6 is 0 Å². The molecule has 2 aromatic carbocycles. The van der Waals surface area contributed by atoms with E-state index in [0.29, 0.717) is 11.5 Å². The number of hydrogen-bond donors (Lipinski definition) is 3. The highest BCUT2D eigenvalue weighted by Gasteiger charge is 2.28. The number of hydrogen-bond acceptors (Lipinski definition) is 5. The van der Waals surface area contributed by atoms with Gasteiger partial charge in [0, 0.05) is 0 Å². The minimum atomic E-state index is -1.16. The van der Waals surface area contributed by atoms with E-state index in [1.165, 1.54) is 18.2 Å². The topological polar surface area (TPSA) is 105 Å². The van der Waals surface area contributed by atoms with Gasteiger partial charge in [-0.2, -0.15) is 0 Å². The molecule has 7 heteroatoms. The Labute approximate surface area is 131 Å². The molecule has 1 aliphatic rings. The first-order valence-electron chi connectivity index (χ1n) is 6.80. The minimum absolute atomic E-state index is 0.00245. The Morgan fingerprint density at radius 3 is 2.61 bits per heavy atom. The van der Waals surface area contributed by atoms with E-state index in [0.717, 1.165) is 0 Å². The van der Waals surface area contributed by atoms with Gasteiger partial charge in [0.1, 0.15) is 12.4 Å². The van der Waals surface area contributed by atoms with E-state index in [9.17, 15) is 14.7 Å². The number of carboxylic acids is 1. The summed E-state index contributed by atoms with van der Waals surface area (Å²) < 4.78 is 11.0. The molecule has 2 aromatic rings. The zero-order valence-corrected chi connectivity index (χ0v) is 11.9. The average Bonchev–Trinajstić information content (AvgIpc) is 2.56. The number of anilines is 1. The highest BCUT2D eigenvalue weighted by Crippen LogP contribution is 2.31. The molecule has 0 aliphatic carbocycles. The highest BCUT2D eigenvalue weighted by atomic mass is 16.6. The number of aromatic carboxylic acids is 1. The van der Waals surface area contributed by atoms with Gasteiger partial charge in [0.25, 0.3) is 5.91 Å². The third-order valence-electron chi connectivity index (χ3n) is 3.30. The van der Waals surface area contributed by atoms with Gasteiger partial charge >= 0.3 is 5.97 Å². The molecular weight excluding hydrogens is 302 g/mol. The summed E-state index contributed by atoms with van der Waals surface area (Å²) in [6.45, 7) is 0.0161.